The van der Waals surface area contributed by atoms with E-state index in [1.165, 1.54) is 0 Å². The molecule has 0 bridgehead atoms. The van der Waals surface area contributed by atoms with Crippen molar-refractivity contribution in [1.29, 1.82) is 5.41 Å². The maximum Gasteiger partial charge on any atom is 0.173 e. The van der Waals surface area contributed by atoms with Gasteiger partial charge in [-0.15, -0.1) is 0 Å². The average molecular weight is 141 g/mol. The first kappa shape index (κ1) is 9.21. The van der Waals surface area contributed by atoms with Crippen LogP contribution in [0, 0.1) is 11.3 Å². The number of rotatable bonds is 4. The second-order valence-electron chi connectivity index (χ2n) is 2.24. The van der Waals surface area contributed by atoms with Crippen molar-refractivity contribution in [3.63, 3.8) is 0 Å². The predicted molar refractivity (Wildman–Crippen MR) is 43.1 cm³/mol. The molecule has 0 aromatic heterocycles. The summed E-state index contributed by atoms with van der Waals surface area (Å²) in [6.07, 6.45) is 3.92. The molecule has 2 heteroatoms. The van der Waals surface area contributed by atoms with E-state index in [0.29, 0.717) is 5.92 Å². The highest BCUT2D eigenvalue weighted by atomic mass is 16.5. The van der Waals surface area contributed by atoms with Gasteiger partial charge in [-0.3, -0.25) is 5.41 Å². The Morgan fingerprint density at radius 3 is 2.60 bits per heavy atom. The Hall–Kier alpha value is -0.790. The Bertz CT molecular complexity index is 129. The van der Waals surface area contributed by atoms with Gasteiger partial charge in [-0.1, -0.05) is 13.8 Å². The highest BCUT2D eigenvalue weighted by molar-refractivity contribution is 5.43. The second kappa shape index (κ2) is 5.03. The van der Waals surface area contributed by atoms with E-state index in [1.54, 1.807) is 0 Å². The van der Waals surface area contributed by atoms with Gasteiger partial charge in [0.25, 0.3) is 0 Å². The molecule has 0 aromatic carbocycles. The van der Waals surface area contributed by atoms with Gasteiger partial charge in [0.15, 0.2) is 6.40 Å². The van der Waals surface area contributed by atoms with E-state index in [4.69, 9.17) is 10.1 Å². The first-order valence-corrected chi connectivity index (χ1v) is 3.58. The van der Waals surface area contributed by atoms with Gasteiger partial charge in [0.05, 0.1) is 0 Å². The molecule has 0 aliphatic carbocycles. The van der Waals surface area contributed by atoms with Crippen molar-refractivity contribution in [2.24, 2.45) is 5.92 Å². The van der Waals surface area contributed by atoms with Crippen LogP contribution in [0.1, 0.15) is 27.2 Å². The molecule has 0 fully saturated rings. The van der Waals surface area contributed by atoms with Gasteiger partial charge in [0.1, 0.15) is 5.76 Å². The first-order valence-electron chi connectivity index (χ1n) is 3.58. The van der Waals surface area contributed by atoms with Gasteiger partial charge in [-0.25, -0.2) is 0 Å². The van der Waals surface area contributed by atoms with E-state index >= 15 is 0 Å². The highest BCUT2D eigenvalue weighted by Gasteiger charge is 2.04. The van der Waals surface area contributed by atoms with Gasteiger partial charge >= 0.3 is 0 Å². The van der Waals surface area contributed by atoms with Crippen LogP contribution in [-0.4, -0.2) is 6.40 Å². The number of allylic oxidation sites excluding steroid dienone is 2. The van der Waals surface area contributed by atoms with Crippen molar-refractivity contribution in [1.82, 2.24) is 0 Å². The molecule has 0 spiro atoms. The monoisotopic (exact) mass is 141 g/mol. The van der Waals surface area contributed by atoms with Crippen molar-refractivity contribution < 1.29 is 4.74 Å². The van der Waals surface area contributed by atoms with Crippen LogP contribution in [0.4, 0.5) is 0 Å². The molecule has 2 nitrogen and oxygen atoms in total. The topological polar surface area (TPSA) is 33.1 Å². The van der Waals surface area contributed by atoms with Crippen molar-refractivity contribution >= 4 is 6.40 Å². The van der Waals surface area contributed by atoms with Crippen molar-refractivity contribution in [2.45, 2.75) is 27.2 Å². The lowest BCUT2D eigenvalue weighted by atomic mass is 10.1. The van der Waals surface area contributed by atoms with E-state index in [9.17, 15) is 0 Å². The number of hydrogen-bond acceptors (Lipinski definition) is 2. The zero-order valence-electron chi connectivity index (χ0n) is 6.85. The van der Waals surface area contributed by atoms with E-state index in [-0.39, 0.29) is 0 Å². The third-order valence-electron chi connectivity index (χ3n) is 1.58. The number of ether oxygens (including phenoxy) is 1. The fraction of sp³-hybridized carbons (Fsp3) is 0.625. The summed E-state index contributed by atoms with van der Waals surface area (Å²) >= 11 is 0. The average Bonchev–Trinajstić information content (AvgIpc) is 1.99. The standard InChI is InChI=1S/C8H15NO/c1-4-7(3)8(5-2)10-6-9/h5-7,9H,4H2,1-3H3/b8-5-,9-6?. The Balaban J connectivity index is 3.93. The van der Waals surface area contributed by atoms with Crippen LogP contribution in [0.25, 0.3) is 0 Å². The van der Waals surface area contributed by atoms with Crippen LogP contribution < -0.4 is 0 Å². The molecule has 0 aliphatic heterocycles. The van der Waals surface area contributed by atoms with Crippen LogP contribution >= 0.6 is 0 Å². The summed E-state index contributed by atoms with van der Waals surface area (Å²) in [6.45, 7) is 6.10. The summed E-state index contributed by atoms with van der Waals surface area (Å²) in [7, 11) is 0. The maximum absolute atomic E-state index is 6.72. The molecule has 0 amide bonds. The zero-order chi connectivity index (χ0) is 7.98. The third kappa shape index (κ3) is 2.67. The fourth-order valence-corrected chi connectivity index (χ4v) is 0.738. The van der Waals surface area contributed by atoms with E-state index in [2.05, 4.69) is 13.8 Å². The molecule has 1 atom stereocenters. The third-order valence-corrected chi connectivity index (χ3v) is 1.58. The summed E-state index contributed by atoms with van der Waals surface area (Å²) in [5.41, 5.74) is 0. The summed E-state index contributed by atoms with van der Waals surface area (Å²) in [5, 5.41) is 6.72. The lowest BCUT2D eigenvalue weighted by Crippen LogP contribution is -2.00. The molecule has 1 N–H and O–H groups in total. The molecule has 0 saturated carbocycles. The Morgan fingerprint density at radius 2 is 2.30 bits per heavy atom. The molecule has 0 heterocycles. The SMILES string of the molecule is C/C=C(\OC=N)C(C)CC. The minimum atomic E-state index is 0.423. The van der Waals surface area contributed by atoms with Crippen LogP contribution in [-0.2, 0) is 4.74 Å². The van der Waals surface area contributed by atoms with Gasteiger partial charge in [0.2, 0.25) is 0 Å². The van der Waals surface area contributed by atoms with Gasteiger partial charge < -0.3 is 4.74 Å². The van der Waals surface area contributed by atoms with E-state index < -0.39 is 0 Å². The quantitative estimate of drug-likeness (QED) is 0.364. The van der Waals surface area contributed by atoms with Gasteiger partial charge in [-0.05, 0) is 19.4 Å². The summed E-state index contributed by atoms with van der Waals surface area (Å²) in [4.78, 5) is 0. The minimum Gasteiger partial charge on any atom is -0.451 e. The van der Waals surface area contributed by atoms with E-state index in [0.717, 1.165) is 18.6 Å². The summed E-state index contributed by atoms with van der Waals surface area (Å²) in [6, 6.07) is 0. The molecule has 0 rings (SSSR count). The van der Waals surface area contributed by atoms with Crippen LogP contribution in [0.5, 0.6) is 0 Å². The number of nitrogens with one attached hydrogen (secondary N) is 1. The molecule has 0 radical (unpaired) electrons. The first-order chi connectivity index (χ1) is 4.76. The fourth-order valence-electron chi connectivity index (χ4n) is 0.738. The molecular formula is C8H15NO. The van der Waals surface area contributed by atoms with E-state index in [1.807, 2.05) is 13.0 Å². The molecular weight excluding hydrogens is 126 g/mol. The molecule has 10 heavy (non-hydrogen) atoms. The lowest BCUT2D eigenvalue weighted by molar-refractivity contribution is 0.353. The zero-order valence-corrected chi connectivity index (χ0v) is 6.85. The molecule has 0 aromatic rings. The van der Waals surface area contributed by atoms with Gasteiger partial charge in [-0.2, -0.15) is 0 Å². The molecule has 0 aliphatic rings. The van der Waals surface area contributed by atoms with Crippen LogP contribution in [0.3, 0.4) is 0 Å². The smallest absolute Gasteiger partial charge is 0.173 e. The normalized spacial score (nSPS) is 14.5. The highest BCUT2D eigenvalue weighted by Crippen LogP contribution is 2.13. The lowest BCUT2D eigenvalue weighted by Gasteiger charge is -2.10. The summed E-state index contributed by atoms with van der Waals surface area (Å²) < 4.78 is 4.95. The maximum atomic E-state index is 6.72. The van der Waals surface area contributed by atoms with Crippen LogP contribution in [0.15, 0.2) is 11.8 Å². The second-order valence-corrected chi connectivity index (χ2v) is 2.24. The minimum absolute atomic E-state index is 0.423. The Labute approximate surface area is 62.4 Å². The largest absolute Gasteiger partial charge is 0.451 e. The van der Waals surface area contributed by atoms with Crippen LogP contribution in [0.2, 0.25) is 0 Å². The molecule has 1 unspecified atom stereocenters. The predicted octanol–water partition coefficient (Wildman–Crippen LogP) is 2.56. The Kier molecular flexibility index (Phi) is 4.63. The summed E-state index contributed by atoms with van der Waals surface area (Å²) in [5.74, 6) is 1.31. The Morgan fingerprint density at radius 1 is 1.70 bits per heavy atom. The number of hydrogen-bond donors (Lipinski definition) is 1. The molecule has 0 saturated heterocycles. The van der Waals surface area contributed by atoms with Crippen molar-refractivity contribution in [2.75, 3.05) is 0 Å². The van der Waals surface area contributed by atoms with Crippen molar-refractivity contribution in [3.8, 4) is 0 Å². The van der Waals surface area contributed by atoms with Crippen molar-refractivity contribution in [3.05, 3.63) is 11.8 Å². The van der Waals surface area contributed by atoms with Gasteiger partial charge in [0, 0.05) is 5.92 Å². The molecule has 58 valence electrons.